The van der Waals surface area contributed by atoms with Gasteiger partial charge in [-0.1, -0.05) is 19.3 Å². The average Bonchev–Trinajstić information content (AvgIpc) is 3.13. The number of rotatable bonds is 5. The van der Waals surface area contributed by atoms with Gasteiger partial charge in [0.2, 0.25) is 5.91 Å². The second kappa shape index (κ2) is 8.45. The number of carbonyl (C=O) groups is 1. The molecule has 0 spiro atoms. The molecule has 23 heavy (non-hydrogen) atoms. The predicted molar refractivity (Wildman–Crippen MR) is 91.5 cm³/mol. The van der Waals surface area contributed by atoms with E-state index < -0.39 is 0 Å². The Morgan fingerprint density at radius 1 is 1.09 bits per heavy atom. The Kier molecular flexibility index (Phi) is 6.31. The van der Waals surface area contributed by atoms with Crippen molar-refractivity contribution in [2.24, 2.45) is 0 Å². The highest BCUT2D eigenvalue weighted by Gasteiger charge is 2.29. The molecule has 2 unspecified atom stereocenters. The number of ether oxygens (including phenoxy) is 1. The normalized spacial score (nSPS) is 29.5. The van der Waals surface area contributed by atoms with Crippen molar-refractivity contribution in [1.29, 1.82) is 0 Å². The lowest BCUT2D eigenvalue weighted by molar-refractivity contribution is -0.127. The SMILES string of the molecule is CC(C(=O)NCC1CCCO1)N1CCN(C2CCCCC2)CC1. The number of carbonyl (C=O) groups excluding carboxylic acids is 1. The van der Waals surface area contributed by atoms with Crippen molar-refractivity contribution in [3.63, 3.8) is 0 Å². The van der Waals surface area contributed by atoms with E-state index in [2.05, 4.69) is 15.1 Å². The standard InChI is InChI=1S/C18H33N3O2/c1-15(18(22)19-14-17-8-5-13-23-17)20-9-11-21(12-10-20)16-6-3-2-4-7-16/h15-17H,2-14H2,1H3,(H,19,22). The Morgan fingerprint density at radius 3 is 2.48 bits per heavy atom. The summed E-state index contributed by atoms with van der Waals surface area (Å²) in [6.45, 7) is 7.84. The molecule has 2 heterocycles. The van der Waals surface area contributed by atoms with Gasteiger partial charge in [-0.25, -0.2) is 0 Å². The second-order valence-corrected chi connectivity index (χ2v) is 7.42. The molecular weight excluding hydrogens is 290 g/mol. The summed E-state index contributed by atoms with van der Waals surface area (Å²) in [5, 5.41) is 3.08. The molecule has 5 nitrogen and oxygen atoms in total. The summed E-state index contributed by atoms with van der Waals surface area (Å²) >= 11 is 0. The van der Waals surface area contributed by atoms with Crippen LogP contribution in [0, 0.1) is 0 Å². The molecule has 1 N–H and O–H groups in total. The Morgan fingerprint density at radius 2 is 1.83 bits per heavy atom. The minimum atomic E-state index is -0.0232. The molecule has 2 aliphatic heterocycles. The predicted octanol–water partition coefficient (Wildman–Crippen LogP) is 1.62. The van der Waals surface area contributed by atoms with Gasteiger partial charge in [0.1, 0.15) is 0 Å². The van der Waals surface area contributed by atoms with E-state index in [1.807, 2.05) is 6.92 Å². The van der Waals surface area contributed by atoms with Crippen LogP contribution in [0.1, 0.15) is 51.9 Å². The van der Waals surface area contributed by atoms with Gasteiger partial charge in [0, 0.05) is 45.4 Å². The number of hydrogen-bond donors (Lipinski definition) is 1. The van der Waals surface area contributed by atoms with Crippen LogP contribution in [0.2, 0.25) is 0 Å². The van der Waals surface area contributed by atoms with E-state index in [4.69, 9.17) is 4.74 Å². The molecule has 0 bridgehead atoms. The van der Waals surface area contributed by atoms with Gasteiger partial charge in [-0.3, -0.25) is 14.6 Å². The largest absolute Gasteiger partial charge is 0.376 e. The van der Waals surface area contributed by atoms with Gasteiger partial charge in [0.25, 0.3) is 0 Å². The fourth-order valence-electron chi connectivity index (χ4n) is 4.27. The molecule has 3 aliphatic rings. The molecule has 5 heteroatoms. The maximum Gasteiger partial charge on any atom is 0.237 e. The van der Waals surface area contributed by atoms with E-state index in [-0.39, 0.29) is 18.1 Å². The zero-order valence-electron chi connectivity index (χ0n) is 14.6. The van der Waals surface area contributed by atoms with E-state index in [9.17, 15) is 4.79 Å². The zero-order chi connectivity index (χ0) is 16.1. The summed E-state index contributed by atoms with van der Waals surface area (Å²) in [6.07, 6.45) is 9.38. The Balaban J connectivity index is 1.38. The highest BCUT2D eigenvalue weighted by molar-refractivity contribution is 5.81. The van der Waals surface area contributed by atoms with E-state index in [0.29, 0.717) is 6.54 Å². The molecule has 0 aromatic carbocycles. The topological polar surface area (TPSA) is 44.8 Å². The van der Waals surface area contributed by atoms with Crippen LogP contribution >= 0.6 is 0 Å². The summed E-state index contributed by atoms with van der Waals surface area (Å²) in [4.78, 5) is 17.4. The average molecular weight is 323 g/mol. The number of piperazine rings is 1. The van der Waals surface area contributed by atoms with Gasteiger partial charge in [-0.15, -0.1) is 0 Å². The fraction of sp³-hybridized carbons (Fsp3) is 0.944. The first-order valence-corrected chi connectivity index (χ1v) is 9.61. The van der Waals surface area contributed by atoms with Crippen LogP contribution in [0.15, 0.2) is 0 Å². The van der Waals surface area contributed by atoms with Crippen LogP contribution < -0.4 is 5.32 Å². The first-order chi connectivity index (χ1) is 11.2. The van der Waals surface area contributed by atoms with E-state index in [1.54, 1.807) is 0 Å². The van der Waals surface area contributed by atoms with Crippen LogP contribution in [-0.4, -0.2) is 73.2 Å². The molecule has 0 radical (unpaired) electrons. The molecule has 0 aromatic heterocycles. The number of nitrogens with one attached hydrogen (secondary N) is 1. The number of nitrogens with zero attached hydrogens (tertiary/aromatic N) is 2. The van der Waals surface area contributed by atoms with Crippen molar-refractivity contribution in [1.82, 2.24) is 15.1 Å². The van der Waals surface area contributed by atoms with Gasteiger partial charge >= 0.3 is 0 Å². The third kappa shape index (κ3) is 4.68. The molecule has 2 saturated heterocycles. The molecule has 3 fully saturated rings. The lowest BCUT2D eigenvalue weighted by Crippen LogP contribution is -2.56. The highest BCUT2D eigenvalue weighted by Crippen LogP contribution is 2.23. The first kappa shape index (κ1) is 17.2. The van der Waals surface area contributed by atoms with Crippen molar-refractivity contribution in [2.75, 3.05) is 39.3 Å². The molecular formula is C18H33N3O2. The quantitative estimate of drug-likeness (QED) is 0.835. The third-order valence-electron chi connectivity index (χ3n) is 5.90. The highest BCUT2D eigenvalue weighted by atomic mass is 16.5. The fourth-order valence-corrected chi connectivity index (χ4v) is 4.27. The molecule has 0 aromatic rings. The summed E-state index contributed by atoms with van der Waals surface area (Å²) in [5.41, 5.74) is 0. The molecule has 1 saturated carbocycles. The first-order valence-electron chi connectivity index (χ1n) is 9.61. The maximum atomic E-state index is 12.4. The monoisotopic (exact) mass is 323 g/mol. The lowest BCUT2D eigenvalue weighted by Gasteiger charge is -2.42. The molecule has 1 aliphatic carbocycles. The van der Waals surface area contributed by atoms with E-state index in [0.717, 1.165) is 51.7 Å². The van der Waals surface area contributed by atoms with Gasteiger partial charge < -0.3 is 10.1 Å². The Labute approximate surface area is 140 Å². The smallest absolute Gasteiger partial charge is 0.237 e. The van der Waals surface area contributed by atoms with Gasteiger partial charge in [-0.05, 0) is 32.6 Å². The summed E-state index contributed by atoms with van der Waals surface area (Å²) in [5.74, 6) is 0.159. The molecule has 2 atom stereocenters. The van der Waals surface area contributed by atoms with Gasteiger partial charge in [0.05, 0.1) is 12.1 Å². The van der Waals surface area contributed by atoms with Crippen molar-refractivity contribution in [2.45, 2.75) is 70.1 Å². The summed E-state index contributed by atoms with van der Waals surface area (Å²) < 4.78 is 5.57. The Bertz CT molecular complexity index is 370. The number of hydrogen-bond acceptors (Lipinski definition) is 4. The van der Waals surface area contributed by atoms with Crippen molar-refractivity contribution in [3.8, 4) is 0 Å². The minimum Gasteiger partial charge on any atom is -0.376 e. The van der Waals surface area contributed by atoms with E-state index in [1.165, 1.54) is 32.1 Å². The Hall–Kier alpha value is -0.650. The summed E-state index contributed by atoms with van der Waals surface area (Å²) in [6, 6.07) is 0.777. The minimum absolute atomic E-state index is 0.0232. The second-order valence-electron chi connectivity index (χ2n) is 7.42. The van der Waals surface area contributed by atoms with Crippen LogP contribution in [0.5, 0.6) is 0 Å². The van der Waals surface area contributed by atoms with Crippen LogP contribution in [0.4, 0.5) is 0 Å². The lowest BCUT2D eigenvalue weighted by atomic mass is 9.94. The van der Waals surface area contributed by atoms with Crippen molar-refractivity contribution >= 4 is 5.91 Å². The van der Waals surface area contributed by atoms with Crippen LogP contribution in [0.25, 0.3) is 0 Å². The van der Waals surface area contributed by atoms with E-state index >= 15 is 0 Å². The van der Waals surface area contributed by atoms with Gasteiger partial charge in [-0.2, -0.15) is 0 Å². The number of amides is 1. The van der Waals surface area contributed by atoms with Crippen LogP contribution in [-0.2, 0) is 9.53 Å². The molecule has 132 valence electrons. The van der Waals surface area contributed by atoms with Crippen LogP contribution in [0.3, 0.4) is 0 Å². The van der Waals surface area contributed by atoms with Crippen molar-refractivity contribution < 1.29 is 9.53 Å². The molecule has 3 rings (SSSR count). The third-order valence-corrected chi connectivity index (χ3v) is 5.90. The van der Waals surface area contributed by atoms with Crippen molar-refractivity contribution in [3.05, 3.63) is 0 Å². The summed E-state index contributed by atoms with van der Waals surface area (Å²) in [7, 11) is 0. The zero-order valence-corrected chi connectivity index (χ0v) is 14.6. The molecule has 1 amide bonds. The maximum absolute atomic E-state index is 12.4. The van der Waals surface area contributed by atoms with Gasteiger partial charge in [0.15, 0.2) is 0 Å².